The van der Waals surface area contributed by atoms with Crippen LogP contribution in [0.5, 0.6) is 0 Å². The van der Waals surface area contributed by atoms with Crippen molar-refractivity contribution in [3.8, 4) is 0 Å². The van der Waals surface area contributed by atoms with Crippen molar-refractivity contribution in [1.82, 2.24) is 14.0 Å². The van der Waals surface area contributed by atoms with Crippen molar-refractivity contribution in [3.05, 3.63) is 68.5 Å². The van der Waals surface area contributed by atoms with Crippen LogP contribution >= 0.6 is 0 Å². The molecule has 0 unspecified atom stereocenters. The second-order valence-corrected chi connectivity index (χ2v) is 6.59. The summed E-state index contributed by atoms with van der Waals surface area (Å²) in [5, 5.41) is 0. The SMILES string of the molecule is CCN(Cc1ccc(N(C)C)cc1)C(=O)/C=C/c1cn(C)c(=O)n(C)c1=O. The molecule has 0 aliphatic heterocycles. The van der Waals surface area contributed by atoms with Crippen LogP contribution in [0.15, 0.2) is 46.1 Å². The van der Waals surface area contributed by atoms with Gasteiger partial charge in [-0.25, -0.2) is 4.79 Å². The summed E-state index contributed by atoms with van der Waals surface area (Å²) in [6.45, 7) is 2.94. The number of carbonyl (C=O) groups is 1. The Morgan fingerprint density at radius 3 is 2.30 bits per heavy atom. The standard InChI is InChI=1S/C20H26N4O3/c1-6-24(13-15-7-10-17(11-8-15)21(2)3)18(25)12-9-16-14-22(4)20(27)23(5)19(16)26/h7-12,14H,6,13H2,1-5H3/b12-9+. The largest absolute Gasteiger partial charge is 0.378 e. The van der Waals surface area contributed by atoms with Gasteiger partial charge in [-0.3, -0.25) is 14.2 Å². The van der Waals surface area contributed by atoms with Gasteiger partial charge in [-0.2, -0.15) is 0 Å². The molecule has 2 aromatic rings. The van der Waals surface area contributed by atoms with Crippen molar-refractivity contribution in [2.75, 3.05) is 25.5 Å². The lowest BCUT2D eigenvalue weighted by atomic mass is 10.2. The molecule has 1 heterocycles. The fourth-order valence-electron chi connectivity index (χ4n) is 2.68. The summed E-state index contributed by atoms with van der Waals surface area (Å²) in [5.74, 6) is -0.190. The first-order valence-corrected chi connectivity index (χ1v) is 8.74. The minimum absolute atomic E-state index is 0.190. The molecule has 0 atom stereocenters. The Labute approximate surface area is 158 Å². The molecule has 7 heteroatoms. The highest BCUT2D eigenvalue weighted by Gasteiger charge is 2.10. The third-order valence-electron chi connectivity index (χ3n) is 4.40. The summed E-state index contributed by atoms with van der Waals surface area (Å²) < 4.78 is 2.34. The van der Waals surface area contributed by atoms with E-state index in [0.717, 1.165) is 15.8 Å². The molecule has 144 valence electrons. The van der Waals surface area contributed by atoms with Gasteiger partial charge in [-0.15, -0.1) is 0 Å². The van der Waals surface area contributed by atoms with Crippen molar-refractivity contribution >= 4 is 17.7 Å². The topological polar surface area (TPSA) is 67.5 Å². The summed E-state index contributed by atoms with van der Waals surface area (Å²) >= 11 is 0. The Hall–Kier alpha value is -3.09. The number of aromatic nitrogens is 2. The highest BCUT2D eigenvalue weighted by atomic mass is 16.2. The average Bonchev–Trinajstić information content (AvgIpc) is 2.66. The molecule has 0 N–H and O–H groups in total. The van der Waals surface area contributed by atoms with Gasteiger partial charge < -0.3 is 14.4 Å². The number of anilines is 1. The van der Waals surface area contributed by atoms with E-state index >= 15 is 0 Å². The highest BCUT2D eigenvalue weighted by molar-refractivity contribution is 5.91. The Bertz CT molecular complexity index is 953. The maximum Gasteiger partial charge on any atom is 0.330 e. The molecule has 1 aromatic heterocycles. The van der Waals surface area contributed by atoms with Crippen LogP contribution < -0.4 is 16.1 Å². The number of benzene rings is 1. The van der Waals surface area contributed by atoms with Gasteiger partial charge in [0.1, 0.15) is 0 Å². The zero-order chi connectivity index (χ0) is 20.1. The van der Waals surface area contributed by atoms with Gasteiger partial charge in [0, 0.05) is 59.2 Å². The molecule has 2 rings (SSSR count). The van der Waals surface area contributed by atoms with E-state index < -0.39 is 11.2 Å². The first kappa shape index (κ1) is 20.2. The second-order valence-electron chi connectivity index (χ2n) is 6.59. The van der Waals surface area contributed by atoms with Crippen LogP contribution in [-0.2, 0) is 25.4 Å². The predicted octanol–water partition coefficient (Wildman–Crippen LogP) is 1.21. The smallest absolute Gasteiger partial charge is 0.330 e. The molecule has 0 saturated heterocycles. The number of hydrogen-bond acceptors (Lipinski definition) is 4. The summed E-state index contributed by atoms with van der Waals surface area (Å²) in [4.78, 5) is 40.1. The number of carbonyl (C=O) groups excluding carboxylic acids is 1. The number of hydrogen-bond donors (Lipinski definition) is 0. The van der Waals surface area contributed by atoms with E-state index in [2.05, 4.69) is 0 Å². The zero-order valence-corrected chi connectivity index (χ0v) is 16.5. The molecule has 1 amide bonds. The number of nitrogens with zero attached hydrogens (tertiary/aromatic N) is 4. The van der Waals surface area contributed by atoms with Crippen molar-refractivity contribution < 1.29 is 4.79 Å². The molecule has 0 aliphatic carbocycles. The fourth-order valence-corrected chi connectivity index (χ4v) is 2.68. The van der Waals surface area contributed by atoms with Crippen molar-refractivity contribution in [1.29, 1.82) is 0 Å². The number of aryl methyl sites for hydroxylation is 1. The number of likely N-dealkylation sites (N-methyl/N-ethyl adjacent to an activating group) is 1. The second kappa shape index (κ2) is 8.53. The van der Waals surface area contributed by atoms with Gasteiger partial charge in [0.25, 0.3) is 5.56 Å². The van der Waals surface area contributed by atoms with Gasteiger partial charge in [0.05, 0.1) is 5.56 Å². The average molecular weight is 370 g/mol. The fraction of sp³-hybridized carbons (Fsp3) is 0.350. The number of rotatable bonds is 6. The van der Waals surface area contributed by atoms with Gasteiger partial charge in [-0.1, -0.05) is 12.1 Å². The highest BCUT2D eigenvalue weighted by Crippen LogP contribution is 2.14. The minimum atomic E-state index is -0.426. The molecule has 0 aliphatic rings. The van der Waals surface area contributed by atoms with E-state index in [-0.39, 0.29) is 5.91 Å². The molecule has 1 aromatic carbocycles. The molecule has 0 spiro atoms. The van der Waals surface area contributed by atoms with Crippen LogP contribution in [0.3, 0.4) is 0 Å². The first-order valence-electron chi connectivity index (χ1n) is 8.74. The lowest BCUT2D eigenvalue weighted by Crippen LogP contribution is -2.37. The van der Waals surface area contributed by atoms with Gasteiger partial charge >= 0.3 is 5.69 Å². The molecule has 7 nitrogen and oxygen atoms in total. The van der Waals surface area contributed by atoms with Crippen LogP contribution in [-0.4, -0.2) is 40.6 Å². The molecule has 0 saturated carbocycles. The van der Waals surface area contributed by atoms with E-state index in [1.54, 1.807) is 11.9 Å². The number of amides is 1. The van der Waals surface area contributed by atoms with Crippen LogP contribution in [0, 0.1) is 0 Å². The monoisotopic (exact) mass is 370 g/mol. The Morgan fingerprint density at radius 2 is 1.74 bits per heavy atom. The quantitative estimate of drug-likeness (QED) is 0.717. The molecule has 0 fully saturated rings. The third-order valence-corrected chi connectivity index (χ3v) is 4.40. The maximum atomic E-state index is 12.5. The van der Waals surface area contributed by atoms with Gasteiger partial charge in [0.2, 0.25) is 5.91 Å². The van der Waals surface area contributed by atoms with E-state index in [1.165, 1.54) is 30.0 Å². The third kappa shape index (κ3) is 4.75. The normalized spacial score (nSPS) is 11.0. The summed E-state index contributed by atoms with van der Waals surface area (Å²) in [6, 6.07) is 8.02. The lowest BCUT2D eigenvalue weighted by molar-refractivity contribution is -0.126. The van der Waals surface area contributed by atoms with Crippen molar-refractivity contribution in [3.63, 3.8) is 0 Å². The van der Waals surface area contributed by atoms with E-state index in [0.29, 0.717) is 18.7 Å². The van der Waals surface area contributed by atoms with Gasteiger partial charge in [0.15, 0.2) is 0 Å². The van der Waals surface area contributed by atoms with Crippen molar-refractivity contribution in [2.45, 2.75) is 13.5 Å². The van der Waals surface area contributed by atoms with Crippen LogP contribution in [0.1, 0.15) is 18.1 Å². The summed E-state index contributed by atoms with van der Waals surface area (Å²) in [7, 11) is 6.94. The lowest BCUT2D eigenvalue weighted by Gasteiger charge is -2.20. The first-order chi connectivity index (χ1) is 12.7. The van der Waals surface area contributed by atoms with Crippen LogP contribution in [0.25, 0.3) is 6.08 Å². The van der Waals surface area contributed by atoms with Crippen LogP contribution in [0.4, 0.5) is 5.69 Å². The van der Waals surface area contributed by atoms with E-state index in [9.17, 15) is 14.4 Å². The molecular weight excluding hydrogens is 344 g/mol. The summed E-state index contributed by atoms with van der Waals surface area (Å²) in [5.41, 5.74) is 1.59. The Morgan fingerprint density at radius 1 is 1.11 bits per heavy atom. The Balaban J connectivity index is 2.16. The van der Waals surface area contributed by atoms with E-state index in [4.69, 9.17) is 0 Å². The van der Waals surface area contributed by atoms with E-state index in [1.807, 2.05) is 50.2 Å². The molecule has 0 bridgehead atoms. The molecular formula is C20H26N4O3. The van der Waals surface area contributed by atoms with Crippen molar-refractivity contribution in [2.24, 2.45) is 14.1 Å². The predicted molar refractivity (Wildman–Crippen MR) is 108 cm³/mol. The molecule has 27 heavy (non-hydrogen) atoms. The summed E-state index contributed by atoms with van der Waals surface area (Å²) in [6.07, 6.45) is 4.27. The Kier molecular flexibility index (Phi) is 6.39. The van der Waals surface area contributed by atoms with Crippen LogP contribution in [0.2, 0.25) is 0 Å². The minimum Gasteiger partial charge on any atom is -0.378 e. The van der Waals surface area contributed by atoms with Gasteiger partial charge in [-0.05, 0) is 30.7 Å². The maximum absolute atomic E-state index is 12.5. The molecule has 0 radical (unpaired) electrons. The zero-order valence-electron chi connectivity index (χ0n) is 16.5.